The molecule has 2 aromatic carbocycles. The van der Waals surface area contributed by atoms with Gasteiger partial charge in [-0.1, -0.05) is 52.3 Å². The van der Waals surface area contributed by atoms with Gasteiger partial charge in [-0.3, -0.25) is 0 Å². The predicted octanol–water partition coefficient (Wildman–Crippen LogP) is 3.91. The first-order valence-electron chi connectivity index (χ1n) is 7.57. The second-order valence-electron chi connectivity index (χ2n) is 5.47. The topological polar surface area (TPSA) is 30.5 Å². The first-order chi connectivity index (χ1) is 10.8. The van der Waals surface area contributed by atoms with E-state index in [4.69, 9.17) is 9.47 Å². The quantitative estimate of drug-likeness (QED) is 0.845. The lowest BCUT2D eigenvalue weighted by Crippen LogP contribution is -2.28. The highest BCUT2D eigenvalue weighted by Gasteiger charge is 2.15. The smallest absolute Gasteiger partial charge is 0.120 e. The summed E-state index contributed by atoms with van der Waals surface area (Å²) in [7, 11) is 0. The van der Waals surface area contributed by atoms with E-state index in [0.717, 1.165) is 36.4 Å². The molecule has 4 heteroatoms. The highest BCUT2D eigenvalue weighted by molar-refractivity contribution is 9.10. The Balaban J connectivity index is 1.54. The van der Waals surface area contributed by atoms with E-state index in [1.54, 1.807) is 0 Å². The van der Waals surface area contributed by atoms with Gasteiger partial charge in [-0.2, -0.15) is 0 Å². The summed E-state index contributed by atoms with van der Waals surface area (Å²) in [4.78, 5) is 0. The first-order valence-corrected chi connectivity index (χ1v) is 8.37. The third kappa shape index (κ3) is 4.32. The number of benzene rings is 2. The third-order valence-corrected chi connectivity index (χ3v) is 4.52. The van der Waals surface area contributed by atoms with Gasteiger partial charge in [0.15, 0.2) is 0 Å². The zero-order chi connectivity index (χ0) is 15.2. The van der Waals surface area contributed by atoms with Crippen molar-refractivity contribution in [1.82, 2.24) is 5.32 Å². The van der Waals surface area contributed by atoms with Crippen LogP contribution in [0.1, 0.15) is 17.5 Å². The van der Waals surface area contributed by atoms with Crippen LogP contribution >= 0.6 is 15.9 Å². The van der Waals surface area contributed by atoms with E-state index < -0.39 is 0 Å². The van der Waals surface area contributed by atoms with Gasteiger partial charge in [0.05, 0.1) is 6.61 Å². The molecular formula is C18H20BrNO2. The minimum absolute atomic E-state index is 0.473. The van der Waals surface area contributed by atoms with Crippen molar-refractivity contribution in [3.8, 4) is 5.75 Å². The van der Waals surface area contributed by atoms with Gasteiger partial charge in [-0.05, 0) is 29.7 Å². The zero-order valence-electron chi connectivity index (χ0n) is 12.4. The van der Waals surface area contributed by atoms with E-state index in [-0.39, 0.29) is 0 Å². The van der Waals surface area contributed by atoms with Crippen molar-refractivity contribution in [3.63, 3.8) is 0 Å². The van der Waals surface area contributed by atoms with Crippen molar-refractivity contribution in [2.75, 3.05) is 13.2 Å². The maximum Gasteiger partial charge on any atom is 0.120 e. The fourth-order valence-electron chi connectivity index (χ4n) is 2.45. The maximum absolute atomic E-state index is 5.84. The zero-order valence-corrected chi connectivity index (χ0v) is 14.0. The average molecular weight is 362 g/mol. The number of ether oxygens (including phenoxy) is 2. The van der Waals surface area contributed by atoms with Crippen LogP contribution in [0.5, 0.6) is 5.75 Å². The Labute approximate surface area is 139 Å². The van der Waals surface area contributed by atoms with Crippen LogP contribution in [0.2, 0.25) is 0 Å². The molecule has 0 amide bonds. The van der Waals surface area contributed by atoms with E-state index in [9.17, 15) is 0 Å². The van der Waals surface area contributed by atoms with Crippen molar-refractivity contribution >= 4 is 15.9 Å². The second-order valence-corrected chi connectivity index (χ2v) is 6.32. The van der Waals surface area contributed by atoms with E-state index in [2.05, 4.69) is 39.4 Å². The SMILES string of the molecule is Brc1cc(OCc2ccccc2)ccc1CNC1CCOC1. The highest BCUT2D eigenvalue weighted by Crippen LogP contribution is 2.24. The van der Waals surface area contributed by atoms with Crippen LogP contribution < -0.4 is 10.1 Å². The molecule has 116 valence electrons. The molecular weight excluding hydrogens is 342 g/mol. The maximum atomic E-state index is 5.84. The molecule has 1 heterocycles. The van der Waals surface area contributed by atoms with Crippen LogP contribution in [-0.4, -0.2) is 19.3 Å². The Morgan fingerprint density at radius 1 is 1.18 bits per heavy atom. The summed E-state index contributed by atoms with van der Waals surface area (Å²) < 4.78 is 12.3. The Hall–Kier alpha value is -1.36. The van der Waals surface area contributed by atoms with Gasteiger partial charge < -0.3 is 14.8 Å². The monoisotopic (exact) mass is 361 g/mol. The standard InChI is InChI=1S/C18H20BrNO2/c19-18-10-17(22-12-14-4-2-1-3-5-14)7-6-15(18)11-20-16-8-9-21-13-16/h1-7,10,16,20H,8-9,11-13H2. The van der Waals surface area contributed by atoms with Crippen LogP contribution in [0.3, 0.4) is 0 Å². The molecule has 3 nitrogen and oxygen atoms in total. The number of halogens is 1. The fraction of sp³-hybridized carbons (Fsp3) is 0.333. The van der Waals surface area contributed by atoms with Gasteiger partial charge in [0.2, 0.25) is 0 Å². The van der Waals surface area contributed by atoms with Gasteiger partial charge in [-0.25, -0.2) is 0 Å². The number of nitrogens with one attached hydrogen (secondary N) is 1. The molecule has 1 atom stereocenters. The molecule has 0 radical (unpaired) electrons. The van der Waals surface area contributed by atoms with Crippen LogP contribution in [-0.2, 0) is 17.9 Å². The average Bonchev–Trinajstić information content (AvgIpc) is 3.06. The highest BCUT2D eigenvalue weighted by atomic mass is 79.9. The summed E-state index contributed by atoms with van der Waals surface area (Å²) in [6.07, 6.45) is 1.09. The largest absolute Gasteiger partial charge is 0.489 e. The van der Waals surface area contributed by atoms with Crippen LogP contribution in [0.4, 0.5) is 0 Å². The molecule has 0 saturated carbocycles. The minimum atomic E-state index is 0.473. The second kappa shape index (κ2) is 7.77. The van der Waals surface area contributed by atoms with Crippen molar-refractivity contribution in [2.45, 2.75) is 25.6 Å². The van der Waals surface area contributed by atoms with Crippen LogP contribution in [0, 0.1) is 0 Å². The van der Waals surface area contributed by atoms with Crippen molar-refractivity contribution in [1.29, 1.82) is 0 Å². The predicted molar refractivity (Wildman–Crippen MR) is 91.0 cm³/mol. The Morgan fingerprint density at radius 2 is 2.05 bits per heavy atom. The molecule has 1 aliphatic rings. The summed E-state index contributed by atoms with van der Waals surface area (Å²) in [6.45, 7) is 3.11. The van der Waals surface area contributed by atoms with Gasteiger partial charge in [0.25, 0.3) is 0 Å². The summed E-state index contributed by atoms with van der Waals surface area (Å²) in [5, 5.41) is 3.52. The molecule has 0 bridgehead atoms. The Kier molecular flexibility index (Phi) is 5.48. The lowest BCUT2D eigenvalue weighted by Gasteiger charge is -2.13. The molecule has 1 fully saturated rings. The lowest BCUT2D eigenvalue weighted by molar-refractivity contribution is 0.190. The molecule has 1 saturated heterocycles. The van der Waals surface area contributed by atoms with E-state index in [1.807, 2.05) is 30.3 Å². The van der Waals surface area contributed by atoms with Crippen molar-refractivity contribution < 1.29 is 9.47 Å². The van der Waals surface area contributed by atoms with Crippen molar-refractivity contribution in [2.24, 2.45) is 0 Å². The van der Waals surface area contributed by atoms with Crippen LogP contribution in [0.15, 0.2) is 53.0 Å². The van der Waals surface area contributed by atoms with E-state index >= 15 is 0 Å². The first kappa shape index (κ1) is 15.5. The number of rotatable bonds is 6. The van der Waals surface area contributed by atoms with Crippen molar-refractivity contribution in [3.05, 3.63) is 64.1 Å². The lowest BCUT2D eigenvalue weighted by atomic mass is 10.2. The summed E-state index contributed by atoms with van der Waals surface area (Å²) in [5.41, 5.74) is 2.41. The molecule has 1 unspecified atom stereocenters. The normalized spacial score (nSPS) is 17.6. The molecule has 0 aromatic heterocycles. The molecule has 1 N–H and O–H groups in total. The fourth-order valence-corrected chi connectivity index (χ4v) is 2.95. The number of hydrogen-bond acceptors (Lipinski definition) is 3. The molecule has 0 spiro atoms. The Bertz CT molecular complexity index is 597. The van der Waals surface area contributed by atoms with Gasteiger partial charge in [0, 0.05) is 23.7 Å². The molecule has 0 aliphatic carbocycles. The molecule has 1 aliphatic heterocycles. The molecule has 22 heavy (non-hydrogen) atoms. The van der Waals surface area contributed by atoms with E-state index in [0.29, 0.717) is 12.6 Å². The Morgan fingerprint density at radius 3 is 2.77 bits per heavy atom. The summed E-state index contributed by atoms with van der Waals surface area (Å²) >= 11 is 3.63. The third-order valence-electron chi connectivity index (χ3n) is 3.78. The van der Waals surface area contributed by atoms with Gasteiger partial charge in [-0.15, -0.1) is 0 Å². The molecule has 3 rings (SSSR count). The van der Waals surface area contributed by atoms with Gasteiger partial charge >= 0.3 is 0 Å². The number of hydrogen-bond donors (Lipinski definition) is 1. The molecule has 2 aromatic rings. The summed E-state index contributed by atoms with van der Waals surface area (Å²) in [6, 6.07) is 16.8. The van der Waals surface area contributed by atoms with E-state index in [1.165, 1.54) is 11.1 Å². The minimum Gasteiger partial charge on any atom is -0.489 e. The van der Waals surface area contributed by atoms with Crippen LogP contribution in [0.25, 0.3) is 0 Å². The van der Waals surface area contributed by atoms with Gasteiger partial charge in [0.1, 0.15) is 12.4 Å². The summed E-state index contributed by atoms with van der Waals surface area (Å²) in [5.74, 6) is 0.878.